The van der Waals surface area contributed by atoms with E-state index in [0.717, 1.165) is 4.47 Å². The molecule has 0 atom stereocenters. The molecule has 7 nitrogen and oxygen atoms in total. The van der Waals surface area contributed by atoms with Gasteiger partial charge < -0.3 is 14.4 Å². The van der Waals surface area contributed by atoms with Gasteiger partial charge in [-0.3, -0.25) is 4.79 Å². The summed E-state index contributed by atoms with van der Waals surface area (Å²) in [6.45, 7) is 6.09. The first-order chi connectivity index (χ1) is 13.6. The van der Waals surface area contributed by atoms with E-state index in [1.807, 2.05) is 39.0 Å². The summed E-state index contributed by atoms with van der Waals surface area (Å²) in [5, 5.41) is 0.958. The minimum atomic E-state index is -1.07. The summed E-state index contributed by atoms with van der Waals surface area (Å²) in [5.74, 6) is -0.123. The molecule has 3 rings (SSSR count). The van der Waals surface area contributed by atoms with Crippen molar-refractivity contribution >= 4 is 50.5 Å². The van der Waals surface area contributed by atoms with Gasteiger partial charge in [0, 0.05) is 22.9 Å². The second-order valence-electron chi connectivity index (χ2n) is 8.04. The van der Waals surface area contributed by atoms with Crippen LogP contribution >= 0.6 is 27.5 Å². The van der Waals surface area contributed by atoms with Crippen LogP contribution in [0.1, 0.15) is 39.4 Å². The van der Waals surface area contributed by atoms with Crippen molar-refractivity contribution < 1.29 is 19.1 Å². The molecule has 0 saturated carbocycles. The molecule has 1 aliphatic rings. The van der Waals surface area contributed by atoms with Gasteiger partial charge in [-0.05, 0) is 51.8 Å². The molecule has 0 aliphatic carbocycles. The molecule has 0 spiro atoms. The lowest BCUT2D eigenvalue weighted by molar-refractivity contribution is -0.150. The van der Waals surface area contributed by atoms with Gasteiger partial charge in [0.2, 0.25) is 0 Å². The van der Waals surface area contributed by atoms with E-state index in [9.17, 15) is 9.59 Å². The van der Waals surface area contributed by atoms with Crippen molar-refractivity contribution in [1.82, 2.24) is 14.9 Å². The summed E-state index contributed by atoms with van der Waals surface area (Å²) in [5.41, 5.74) is -1.02. The van der Waals surface area contributed by atoms with E-state index >= 15 is 0 Å². The lowest BCUT2D eigenvalue weighted by atomic mass is 9.77. The van der Waals surface area contributed by atoms with Gasteiger partial charge in [0.05, 0.1) is 12.6 Å². The number of nitrogens with zero attached hydrogens (tertiary/aromatic N) is 3. The average Bonchev–Trinajstić information content (AvgIpc) is 2.66. The standard InChI is InChI=1S/C20H23BrClN3O4/c1-19(2,3)29-18(27)25-9-7-20(8-10-25,17(26)28-4)16-23-14-6-5-12(21)11-13(14)15(22)24-16/h5-6,11H,7-10H2,1-4H3. The van der Waals surface area contributed by atoms with Gasteiger partial charge in [-0.15, -0.1) is 0 Å². The molecule has 1 aromatic heterocycles. The molecule has 1 saturated heterocycles. The number of halogens is 2. The van der Waals surface area contributed by atoms with Crippen LogP contribution in [0.5, 0.6) is 0 Å². The van der Waals surface area contributed by atoms with Crippen molar-refractivity contribution in [3.8, 4) is 0 Å². The van der Waals surface area contributed by atoms with Gasteiger partial charge in [0.1, 0.15) is 22.0 Å². The van der Waals surface area contributed by atoms with Crippen molar-refractivity contribution in [3.63, 3.8) is 0 Å². The van der Waals surface area contributed by atoms with Crippen LogP contribution in [0.15, 0.2) is 22.7 Å². The third-order valence-corrected chi connectivity index (χ3v) is 5.67. The van der Waals surface area contributed by atoms with Crippen LogP contribution in [-0.2, 0) is 19.7 Å². The number of hydrogen-bond acceptors (Lipinski definition) is 6. The van der Waals surface area contributed by atoms with Crippen molar-refractivity contribution in [1.29, 1.82) is 0 Å². The Balaban J connectivity index is 1.94. The minimum absolute atomic E-state index is 0.268. The van der Waals surface area contributed by atoms with Gasteiger partial charge in [0.25, 0.3) is 0 Å². The Kier molecular flexibility index (Phi) is 6.06. The van der Waals surface area contributed by atoms with Gasteiger partial charge in [-0.1, -0.05) is 27.5 Å². The highest BCUT2D eigenvalue weighted by molar-refractivity contribution is 9.10. The first kappa shape index (κ1) is 21.8. The molecule has 9 heteroatoms. The number of piperidine rings is 1. The molecule has 1 aliphatic heterocycles. The van der Waals surface area contributed by atoms with Gasteiger partial charge in [-0.2, -0.15) is 0 Å². The Morgan fingerprint density at radius 1 is 1.21 bits per heavy atom. The van der Waals surface area contributed by atoms with E-state index in [4.69, 9.17) is 21.1 Å². The van der Waals surface area contributed by atoms with Crippen molar-refractivity contribution in [3.05, 3.63) is 33.6 Å². The Morgan fingerprint density at radius 2 is 1.86 bits per heavy atom. The molecule has 2 heterocycles. The number of rotatable bonds is 2. The largest absolute Gasteiger partial charge is 0.468 e. The maximum absolute atomic E-state index is 12.8. The number of fused-ring (bicyclic) bond motifs is 1. The maximum Gasteiger partial charge on any atom is 0.410 e. The highest BCUT2D eigenvalue weighted by atomic mass is 79.9. The fraction of sp³-hybridized carbons (Fsp3) is 0.500. The second kappa shape index (κ2) is 8.07. The van der Waals surface area contributed by atoms with Gasteiger partial charge in [0.15, 0.2) is 0 Å². The first-order valence-electron chi connectivity index (χ1n) is 9.25. The highest BCUT2D eigenvalue weighted by Gasteiger charge is 2.48. The van der Waals surface area contributed by atoms with E-state index < -0.39 is 23.1 Å². The number of esters is 1. The number of amides is 1. The van der Waals surface area contributed by atoms with Crippen molar-refractivity contribution in [2.45, 2.75) is 44.6 Å². The number of likely N-dealkylation sites (tertiary alicyclic amines) is 1. The van der Waals surface area contributed by atoms with Gasteiger partial charge in [-0.25, -0.2) is 14.8 Å². The SMILES string of the molecule is COC(=O)C1(c2nc(Cl)c3cc(Br)ccc3n2)CCN(C(=O)OC(C)(C)C)CC1. The van der Waals surface area contributed by atoms with Crippen LogP contribution in [0.3, 0.4) is 0 Å². The predicted molar refractivity (Wildman–Crippen MR) is 113 cm³/mol. The van der Waals surface area contributed by atoms with Crippen molar-refractivity contribution in [2.24, 2.45) is 0 Å². The zero-order valence-corrected chi connectivity index (χ0v) is 19.1. The number of methoxy groups -OCH3 is 1. The second-order valence-corrected chi connectivity index (χ2v) is 9.31. The summed E-state index contributed by atoms with van der Waals surface area (Å²) in [4.78, 5) is 35.8. The van der Waals surface area contributed by atoms with Crippen LogP contribution in [0.4, 0.5) is 4.79 Å². The van der Waals surface area contributed by atoms with E-state index in [-0.39, 0.29) is 5.15 Å². The summed E-state index contributed by atoms with van der Waals surface area (Å²) in [7, 11) is 1.34. The lowest BCUT2D eigenvalue weighted by Gasteiger charge is -2.39. The quantitative estimate of drug-likeness (QED) is 0.461. The first-order valence-corrected chi connectivity index (χ1v) is 10.4. The third-order valence-electron chi connectivity index (χ3n) is 4.88. The number of hydrogen-bond donors (Lipinski definition) is 0. The predicted octanol–water partition coefficient (Wildman–Crippen LogP) is 4.49. The highest BCUT2D eigenvalue weighted by Crippen LogP contribution is 2.37. The smallest absolute Gasteiger partial charge is 0.410 e. The molecular formula is C20H23BrClN3O4. The number of carbonyl (C=O) groups excluding carboxylic acids is 2. The fourth-order valence-electron chi connectivity index (χ4n) is 3.39. The number of benzene rings is 1. The number of carbonyl (C=O) groups is 2. The van der Waals surface area contributed by atoms with E-state index in [0.29, 0.717) is 42.7 Å². The zero-order valence-electron chi connectivity index (χ0n) is 16.8. The molecule has 0 N–H and O–H groups in total. The van der Waals surface area contributed by atoms with E-state index in [1.165, 1.54) is 7.11 Å². The molecule has 156 valence electrons. The van der Waals surface area contributed by atoms with Crippen LogP contribution in [0, 0.1) is 0 Å². The monoisotopic (exact) mass is 483 g/mol. The average molecular weight is 485 g/mol. The Labute approximate surface area is 182 Å². The van der Waals surface area contributed by atoms with Gasteiger partial charge >= 0.3 is 12.1 Å². The number of ether oxygens (including phenoxy) is 2. The molecule has 29 heavy (non-hydrogen) atoms. The topological polar surface area (TPSA) is 81.6 Å². The normalized spacial score (nSPS) is 16.6. The summed E-state index contributed by atoms with van der Waals surface area (Å²) >= 11 is 9.82. The Bertz CT molecular complexity index is 953. The van der Waals surface area contributed by atoms with Crippen LogP contribution in [0.25, 0.3) is 10.9 Å². The van der Waals surface area contributed by atoms with Crippen LogP contribution in [-0.4, -0.2) is 52.7 Å². The van der Waals surface area contributed by atoms with Crippen molar-refractivity contribution in [2.75, 3.05) is 20.2 Å². The molecule has 2 aromatic rings. The lowest BCUT2D eigenvalue weighted by Crippen LogP contribution is -2.51. The number of aromatic nitrogens is 2. The maximum atomic E-state index is 12.8. The Hall–Kier alpha value is -1.93. The minimum Gasteiger partial charge on any atom is -0.468 e. The molecule has 0 unspecified atom stereocenters. The Morgan fingerprint density at radius 3 is 2.45 bits per heavy atom. The zero-order chi connectivity index (χ0) is 21.4. The van der Waals surface area contributed by atoms with Crippen LogP contribution < -0.4 is 0 Å². The molecule has 1 aromatic carbocycles. The van der Waals surface area contributed by atoms with Crippen LogP contribution in [0.2, 0.25) is 5.15 Å². The summed E-state index contributed by atoms with van der Waals surface area (Å²) < 4.78 is 11.4. The summed E-state index contributed by atoms with van der Waals surface area (Å²) in [6, 6.07) is 5.50. The molecule has 0 radical (unpaired) electrons. The molecular weight excluding hydrogens is 462 g/mol. The molecule has 1 fully saturated rings. The molecule has 0 bridgehead atoms. The van der Waals surface area contributed by atoms with E-state index in [1.54, 1.807) is 4.90 Å². The molecule has 1 amide bonds. The van der Waals surface area contributed by atoms with E-state index in [2.05, 4.69) is 25.9 Å². The third kappa shape index (κ3) is 4.48. The summed E-state index contributed by atoms with van der Waals surface area (Å²) in [6.07, 6.45) is 0.229. The fourth-order valence-corrected chi connectivity index (χ4v) is 3.98.